The zero-order valence-corrected chi connectivity index (χ0v) is 18.8. The molecule has 0 amide bonds. The number of hydrogen-bond donors (Lipinski definition) is 0. The van der Waals surface area contributed by atoms with E-state index in [0.29, 0.717) is 17.7 Å². The lowest BCUT2D eigenvalue weighted by molar-refractivity contribution is -0.169. The first kappa shape index (κ1) is 24.1. The maximum Gasteiger partial charge on any atom is 0.342 e. The highest BCUT2D eigenvalue weighted by Gasteiger charge is 2.39. The van der Waals surface area contributed by atoms with Gasteiger partial charge in [-0.15, -0.1) is 0 Å². The van der Waals surface area contributed by atoms with Crippen molar-refractivity contribution < 1.29 is 28.0 Å². The van der Waals surface area contributed by atoms with Gasteiger partial charge in [0.2, 0.25) is 5.82 Å². The Labute approximate surface area is 191 Å². The zero-order chi connectivity index (χ0) is 23.7. The van der Waals surface area contributed by atoms with Crippen LogP contribution in [0.2, 0.25) is 0 Å². The summed E-state index contributed by atoms with van der Waals surface area (Å²) in [4.78, 5) is 22.5. The van der Waals surface area contributed by atoms with Crippen LogP contribution in [0.15, 0.2) is 64.3 Å². The molecular weight excluding hydrogens is 429 g/mol. The first-order valence-electron chi connectivity index (χ1n) is 10.6. The summed E-state index contributed by atoms with van der Waals surface area (Å²) < 4.78 is 29.9. The highest BCUT2D eigenvalue weighted by molar-refractivity contribution is 5.97. The Morgan fingerprint density at radius 2 is 1.85 bits per heavy atom. The highest BCUT2D eigenvalue weighted by atomic mass is 19.1. The molecule has 9 heteroatoms. The number of oxime groups is 1. The van der Waals surface area contributed by atoms with Crippen molar-refractivity contribution in [2.45, 2.75) is 32.8 Å². The van der Waals surface area contributed by atoms with Crippen LogP contribution in [-0.2, 0) is 24.7 Å². The van der Waals surface area contributed by atoms with E-state index in [0.717, 1.165) is 6.42 Å². The monoisotopic (exact) mass is 455 g/mol. The van der Waals surface area contributed by atoms with Gasteiger partial charge in [0.1, 0.15) is 12.4 Å². The lowest BCUT2D eigenvalue weighted by atomic mass is 9.96. The normalized spacial score (nSPS) is 13.4. The molecule has 1 atom stereocenters. The average Bonchev–Trinajstić information content (AvgIpc) is 3.32. The number of benzene rings is 2. The van der Waals surface area contributed by atoms with E-state index < -0.39 is 11.6 Å². The van der Waals surface area contributed by atoms with Crippen LogP contribution in [-0.4, -0.2) is 41.6 Å². The van der Waals surface area contributed by atoms with Crippen LogP contribution in [0.4, 0.5) is 4.39 Å². The molecule has 8 nitrogen and oxygen atoms in total. The quantitative estimate of drug-likeness (QED) is 0.182. The second kappa shape index (κ2) is 11.3. The van der Waals surface area contributed by atoms with Gasteiger partial charge in [0, 0.05) is 5.56 Å². The Bertz CT molecular complexity index is 1070. The van der Waals surface area contributed by atoms with Crippen LogP contribution in [0.5, 0.6) is 0 Å². The van der Waals surface area contributed by atoms with Crippen molar-refractivity contribution >= 4 is 11.7 Å². The number of carbonyl (C=O) groups is 1. The Morgan fingerprint density at radius 1 is 1.12 bits per heavy atom. The summed E-state index contributed by atoms with van der Waals surface area (Å²) >= 11 is 0. The molecule has 0 aliphatic rings. The lowest BCUT2D eigenvalue weighted by Gasteiger charge is -2.28. The fourth-order valence-corrected chi connectivity index (χ4v) is 2.90. The predicted octanol–water partition coefficient (Wildman–Crippen LogP) is 4.50. The largest absolute Gasteiger partial charge is 0.464 e. The number of ether oxygens (including phenoxy) is 2. The molecule has 1 unspecified atom stereocenters. The van der Waals surface area contributed by atoms with Crippen molar-refractivity contribution in [1.29, 1.82) is 0 Å². The van der Waals surface area contributed by atoms with Gasteiger partial charge in [0.15, 0.2) is 11.3 Å². The van der Waals surface area contributed by atoms with E-state index in [1.165, 1.54) is 24.3 Å². The van der Waals surface area contributed by atoms with Gasteiger partial charge >= 0.3 is 5.97 Å². The molecule has 0 saturated heterocycles. The van der Waals surface area contributed by atoms with Crippen molar-refractivity contribution in [3.8, 4) is 11.4 Å². The molecule has 3 rings (SSSR count). The summed E-state index contributed by atoms with van der Waals surface area (Å²) in [5.74, 6) is -0.595. The van der Waals surface area contributed by atoms with Gasteiger partial charge in [-0.2, -0.15) is 4.98 Å². The van der Waals surface area contributed by atoms with Crippen LogP contribution in [0, 0.1) is 5.82 Å². The van der Waals surface area contributed by atoms with Crippen molar-refractivity contribution in [2.24, 2.45) is 5.16 Å². The van der Waals surface area contributed by atoms with Crippen LogP contribution in [0.25, 0.3) is 11.4 Å². The van der Waals surface area contributed by atoms with Crippen LogP contribution >= 0.6 is 0 Å². The van der Waals surface area contributed by atoms with Gasteiger partial charge in [0.25, 0.3) is 5.89 Å². The topological polar surface area (TPSA) is 96.0 Å². The standard InChI is InChI=1S/C24H26FN3O5/c1-4-15-32-27-20(22-26-21(28-33-22)17-11-13-19(25)14-12-17)16-31-24(3,23(29)30-5-2)18-9-7-6-8-10-18/h6-14H,4-5,15-16H2,1-3H3. The number of halogens is 1. The summed E-state index contributed by atoms with van der Waals surface area (Å²) in [6.07, 6.45) is 0.743. The molecule has 1 aromatic heterocycles. The molecule has 0 bridgehead atoms. The summed E-state index contributed by atoms with van der Waals surface area (Å²) in [5, 5.41) is 8.03. The molecule has 33 heavy (non-hydrogen) atoms. The van der Waals surface area contributed by atoms with Crippen molar-refractivity contribution in [3.05, 3.63) is 71.9 Å². The van der Waals surface area contributed by atoms with E-state index in [2.05, 4.69) is 15.3 Å². The van der Waals surface area contributed by atoms with E-state index in [9.17, 15) is 9.18 Å². The second-order valence-corrected chi connectivity index (χ2v) is 7.21. The number of nitrogens with zero attached hydrogens (tertiary/aromatic N) is 3. The number of rotatable bonds is 11. The third kappa shape index (κ3) is 6.01. The van der Waals surface area contributed by atoms with E-state index in [-0.39, 0.29) is 36.5 Å². The minimum atomic E-state index is -1.40. The molecule has 0 aliphatic carbocycles. The van der Waals surface area contributed by atoms with E-state index >= 15 is 0 Å². The minimum Gasteiger partial charge on any atom is -0.464 e. The first-order chi connectivity index (χ1) is 16.0. The van der Waals surface area contributed by atoms with Crippen LogP contribution in [0.3, 0.4) is 0 Å². The Morgan fingerprint density at radius 3 is 2.52 bits per heavy atom. The summed E-state index contributed by atoms with van der Waals surface area (Å²) in [6, 6.07) is 14.7. The van der Waals surface area contributed by atoms with Gasteiger partial charge in [-0.25, -0.2) is 9.18 Å². The van der Waals surface area contributed by atoms with Gasteiger partial charge in [-0.3, -0.25) is 0 Å². The van der Waals surface area contributed by atoms with Crippen molar-refractivity contribution in [1.82, 2.24) is 10.1 Å². The van der Waals surface area contributed by atoms with Gasteiger partial charge in [-0.1, -0.05) is 47.6 Å². The third-order valence-electron chi connectivity index (χ3n) is 4.73. The molecule has 1 heterocycles. The molecule has 0 aliphatic heterocycles. The molecule has 3 aromatic rings. The Hall–Kier alpha value is -3.59. The molecule has 0 saturated carbocycles. The molecule has 0 spiro atoms. The molecular formula is C24H26FN3O5. The minimum absolute atomic E-state index is 0.0599. The number of aromatic nitrogens is 2. The van der Waals surface area contributed by atoms with Gasteiger partial charge < -0.3 is 18.8 Å². The Balaban J connectivity index is 1.87. The fourth-order valence-electron chi connectivity index (χ4n) is 2.90. The number of hydrogen-bond acceptors (Lipinski definition) is 8. The number of carbonyl (C=O) groups excluding carboxylic acids is 1. The second-order valence-electron chi connectivity index (χ2n) is 7.21. The van der Waals surface area contributed by atoms with Crippen LogP contribution < -0.4 is 0 Å². The predicted molar refractivity (Wildman–Crippen MR) is 119 cm³/mol. The lowest BCUT2D eigenvalue weighted by Crippen LogP contribution is -2.39. The highest BCUT2D eigenvalue weighted by Crippen LogP contribution is 2.27. The maximum absolute atomic E-state index is 13.2. The maximum atomic E-state index is 13.2. The summed E-state index contributed by atoms with van der Waals surface area (Å²) in [5.41, 5.74) is -0.00448. The van der Waals surface area contributed by atoms with Gasteiger partial charge in [0.05, 0.1) is 13.2 Å². The van der Waals surface area contributed by atoms with E-state index in [1.807, 2.05) is 25.1 Å². The summed E-state index contributed by atoms with van der Waals surface area (Å²) in [6.45, 7) is 5.70. The average molecular weight is 455 g/mol. The van der Waals surface area contributed by atoms with Gasteiger partial charge in [-0.05, 0) is 50.1 Å². The Kier molecular flexibility index (Phi) is 8.26. The van der Waals surface area contributed by atoms with Crippen molar-refractivity contribution in [2.75, 3.05) is 19.8 Å². The first-order valence-corrected chi connectivity index (χ1v) is 10.6. The molecule has 174 valence electrons. The molecule has 0 fully saturated rings. The summed E-state index contributed by atoms with van der Waals surface area (Å²) in [7, 11) is 0. The van der Waals surface area contributed by atoms with E-state index in [1.54, 1.807) is 26.0 Å². The SMILES string of the molecule is CCCON=C(COC(C)(C(=O)OCC)c1ccccc1)c1nc(-c2ccc(F)cc2)no1. The molecule has 0 N–H and O–H groups in total. The zero-order valence-electron chi connectivity index (χ0n) is 18.8. The number of esters is 1. The smallest absolute Gasteiger partial charge is 0.342 e. The van der Waals surface area contributed by atoms with Crippen molar-refractivity contribution in [3.63, 3.8) is 0 Å². The third-order valence-corrected chi connectivity index (χ3v) is 4.73. The van der Waals surface area contributed by atoms with E-state index in [4.69, 9.17) is 18.8 Å². The fraction of sp³-hybridized carbons (Fsp3) is 0.333. The molecule has 2 aromatic carbocycles. The van der Waals surface area contributed by atoms with Crippen LogP contribution in [0.1, 0.15) is 38.6 Å². The molecule has 0 radical (unpaired) electrons.